The van der Waals surface area contributed by atoms with E-state index in [4.69, 9.17) is 4.74 Å². The van der Waals surface area contributed by atoms with Crippen molar-refractivity contribution in [2.45, 2.75) is 18.7 Å². The Balaban J connectivity index is 2.15. The predicted octanol–water partition coefficient (Wildman–Crippen LogP) is 3.31. The molecule has 0 bridgehead atoms. The van der Waals surface area contributed by atoms with Crippen LogP contribution < -0.4 is 5.32 Å². The van der Waals surface area contributed by atoms with Crippen LogP contribution in [0.1, 0.15) is 29.8 Å². The molecule has 27 heavy (non-hydrogen) atoms. The SMILES string of the molecule is CCOC(=O)/C=C/c1ccc(NC(=O)c2ccccc2S(=O)(=O)CC)cc1. The van der Waals surface area contributed by atoms with Gasteiger partial charge < -0.3 is 10.1 Å². The summed E-state index contributed by atoms with van der Waals surface area (Å²) in [5, 5.41) is 2.69. The second kappa shape index (κ2) is 9.14. The summed E-state index contributed by atoms with van der Waals surface area (Å²) in [6.45, 7) is 3.57. The lowest BCUT2D eigenvalue weighted by Crippen LogP contribution is -2.17. The predicted molar refractivity (Wildman–Crippen MR) is 104 cm³/mol. The number of benzene rings is 2. The van der Waals surface area contributed by atoms with Gasteiger partial charge in [-0.05, 0) is 42.8 Å². The number of nitrogens with one attached hydrogen (secondary N) is 1. The average molecular weight is 387 g/mol. The van der Waals surface area contributed by atoms with Gasteiger partial charge in [0.25, 0.3) is 5.91 Å². The van der Waals surface area contributed by atoms with Crippen molar-refractivity contribution in [3.8, 4) is 0 Å². The first-order valence-electron chi connectivity index (χ1n) is 8.45. The van der Waals surface area contributed by atoms with Crippen molar-refractivity contribution >= 4 is 33.5 Å². The van der Waals surface area contributed by atoms with Crippen molar-refractivity contribution in [3.05, 3.63) is 65.7 Å². The van der Waals surface area contributed by atoms with Crippen LogP contribution in [0.2, 0.25) is 0 Å². The highest BCUT2D eigenvalue weighted by molar-refractivity contribution is 7.91. The van der Waals surface area contributed by atoms with Gasteiger partial charge in [-0.1, -0.05) is 31.2 Å². The number of esters is 1. The van der Waals surface area contributed by atoms with Crippen LogP contribution in [0.5, 0.6) is 0 Å². The van der Waals surface area contributed by atoms with E-state index in [1.165, 1.54) is 25.1 Å². The number of hydrogen-bond donors (Lipinski definition) is 1. The van der Waals surface area contributed by atoms with E-state index in [2.05, 4.69) is 5.32 Å². The van der Waals surface area contributed by atoms with E-state index in [9.17, 15) is 18.0 Å². The number of rotatable bonds is 7. The zero-order chi connectivity index (χ0) is 19.9. The van der Waals surface area contributed by atoms with E-state index < -0.39 is 21.7 Å². The molecule has 0 saturated carbocycles. The van der Waals surface area contributed by atoms with E-state index in [0.717, 1.165) is 5.56 Å². The smallest absolute Gasteiger partial charge is 0.330 e. The van der Waals surface area contributed by atoms with Crippen LogP contribution in [0, 0.1) is 0 Å². The molecule has 0 radical (unpaired) electrons. The minimum atomic E-state index is -3.51. The zero-order valence-electron chi connectivity index (χ0n) is 15.1. The van der Waals surface area contributed by atoms with Crippen LogP contribution in [0.4, 0.5) is 5.69 Å². The van der Waals surface area contributed by atoms with Crippen molar-refractivity contribution in [2.75, 3.05) is 17.7 Å². The van der Waals surface area contributed by atoms with Crippen LogP contribution in [0.3, 0.4) is 0 Å². The van der Waals surface area contributed by atoms with Gasteiger partial charge in [0, 0.05) is 11.8 Å². The first-order valence-corrected chi connectivity index (χ1v) is 10.1. The Morgan fingerprint density at radius 1 is 1.04 bits per heavy atom. The summed E-state index contributed by atoms with van der Waals surface area (Å²) in [5.74, 6) is -1.01. The first kappa shape index (κ1) is 20.4. The Labute approximate surface area is 158 Å². The Hall–Kier alpha value is -2.93. The number of carbonyl (C=O) groups is 2. The molecule has 0 aliphatic carbocycles. The number of carbonyl (C=O) groups excluding carboxylic acids is 2. The molecule has 1 N–H and O–H groups in total. The summed E-state index contributed by atoms with van der Waals surface area (Å²) < 4.78 is 29.1. The Bertz CT molecular complexity index is 947. The summed E-state index contributed by atoms with van der Waals surface area (Å²) in [6, 6.07) is 12.9. The van der Waals surface area contributed by atoms with E-state index >= 15 is 0 Å². The van der Waals surface area contributed by atoms with Gasteiger partial charge in [-0.3, -0.25) is 4.79 Å². The molecule has 0 aliphatic heterocycles. The molecule has 6 nitrogen and oxygen atoms in total. The van der Waals surface area contributed by atoms with Crippen LogP contribution in [0.15, 0.2) is 59.5 Å². The maximum absolute atomic E-state index is 12.5. The number of ether oxygens (including phenoxy) is 1. The number of anilines is 1. The molecule has 0 heterocycles. The molecule has 7 heteroatoms. The highest BCUT2D eigenvalue weighted by Crippen LogP contribution is 2.19. The lowest BCUT2D eigenvalue weighted by Gasteiger charge is -2.10. The lowest BCUT2D eigenvalue weighted by molar-refractivity contribution is -0.137. The van der Waals surface area contributed by atoms with Crippen LogP contribution in [-0.4, -0.2) is 32.7 Å². The molecule has 0 unspecified atom stereocenters. The molecule has 2 aromatic rings. The molecule has 2 aromatic carbocycles. The van der Waals surface area contributed by atoms with Crippen LogP contribution in [0.25, 0.3) is 6.08 Å². The maximum Gasteiger partial charge on any atom is 0.330 e. The fourth-order valence-corrected chi connectivity index (χ4v) is 3.40. The van der Waals surface area contributed by atoms with Gasteiger partial charge in [0.2, 0.25) is 0 Å². The highest BCUT2D eigenvalue weighted by Gasteiger charge is 2.20. The number of sulfone groups is 1. The van der Waals surface area contributed by atoms with Crippen molar-refractivity contribution in [1.29, 1.82) is 0 Å². The third-order valence-corrected chi connectivity index (χ3v) is 5.50. The fraction of sp³-hybridized carbons (Fsp3) is 0.200. The summed E-state index contributed by atoms with van der Waals surface area (Å²) in [4.78, 5) is 23.8. The topological polar surface area (TPSA) is 89.5 Å². The van der Waals surface area contributed by atoms with Gasteiger partial charge in [-0.15, -0.1) is 0 Å². The van der Waals surface area contributed by atoms with Crippen molar-refractivity contribution < 1.29 is 22.7 Å². The van der Waals surface area contributed by atoms with E-state index in [0.29, 0.717) is 12.3 Å². The fourth-order valence-electron chi connectivity index (χ4n) is 2.31. The quantitative estimate of drug-likeness (QED) is 0.581. The standard InChI is InChI=1S/C20H21NO5S/c1-3-26-19(22)14-11-15-9-12-16(13-10-15)21-20(23)17-7-5-6-8-18(17)27(24,25)4-2/h5-14H,3-4H2,1-2H3,(H,21,23)/b14-11+. The van der Waals surface area contributed by atoms with Gasteiger partial charge in [-0.2, -0.15) is 0 Å². The molecule has 0 atom stereocenters. The molecule has 0 spiro atoms. The van der Waals surface area contributed by atoms with Crippen LogP contribution in [-0.2, 0) is 19.4 Å². The molecule has 142 valence electrons. The van der Waals surface area contributed by atoms with Crippen molar-refractivity contribution in [1.82, 2.24) is 0 Å². The molecular weight excluding hydrogens is 366 g/mol. The first-order chi connectivity index (χ1) is 12.9. The molecule has 0 aromatic heterocycles. The van der Waals surface area contributed by atoms with Crippen molar-refractivity contribution in [3.63, 3.8) is 0 Å². The minimum absolute atomic E-state index is 0.0130. The third kappa shape index (κ3) is 5.52. The molecule has 2 rings (SSSR count). The molecule has 0 saturated heterocycles. The van der Waals surface area contributed by atoms with Gasteiger partial charge in [0.05, 0.1) is 22.8 Å². The largest absolute Gasteiger partial charge is 0.463 e. The van der Waals surface area contributed by atoms with Gasteiger partial charge in [0.1, 0.15) is 0 Å². The normalized spacial score (nSPS) is 11.3. The van der Waals surface area contributed by atoms with Crippen molar-refractivity contribution in [2.24, 2.45) is 0 Å². The summed E-state index contributed by atoms with van der Waals surface area (Å²) >= 11 is 0. The Kier molecular flexibility index (Phi) is 6.90. The van der Waals surface area contributed by atoms with E-state index in [1.807, 2.05) is 0 Å². The monoisotopic (exact) mass is 387 g/mol. The Morgan fingerprint density at radius 3 is 2.33 bits per heavy atom. The lowest BCUT2D eigenvalue weighted by atomic mass is 10.1. The highest BCUT2D eigenvalue weighted by atomic mass is 32.2. The van der Waals surface area contributed by atoms with Gasteiger partial charge >= 0.3 is 5.97 Å². The van der Waals surface area contributed by atoms with E-state index in [1.54, 1.807) is 49.4 Å². The summed E-state index contributed by atoms with van der Waals surface area (Å²) in [6.07, 6.45) is 2.93. The second-order valence-electron chi connectivity index (χ2n) is 5.56. The molecule has 0 fully saturated rings. The average Bonchev–Trinajstić information content (AvgIpc) is 2.67. The van der Waals surface area contributed by atoms with E-state index in [-0.39, 0.29) is 16.2 Å². The summed E-state index contributed by atoms with van der Waals surface area (Å²) in [5.41, 5.74) is 1.37. The minimum Gasteiger partial charge on any atom is -0.463 e. The number of amides is 1. The second-order valence-corrected chi connectivity index (χ2v) is 7.81. The number of hydrogen-bond acceptors (Lipinski definition) is 5. The Morgan fingerprint density at radius 2 is 1.70 bits per heavy atom. The molecule has 0 aliphatic rings. The van der Waals surface area contributed by atoms with Gasteiger partial charge in [-0.25, -0.2) is 13.2 Å². The molecule has 1 amide bonds. The molecular formula is C20H21NO5S. The third-order valence-electron chi connectivity index (χ3n) is 3.71. The zero-order valence-corrected chi connectivity index (χ0v) is 16.0. The maximum atomic E-state index is 12.5. The summed E-state index contributed by atoms with van der Waals surface area (Å²) in [7, 11) is -3.51. The van der Waals surface area contributed by atoms with Gasteiger partial charge in [0.15, 0.2) is 9.84 Å². The van der Waals surface area contributed by atoms with Crippen LogP contribution >= 0.6 is 0 Å².